The summed E-state index contributed by atoms with van der Waals surface area (Å²) in [5, 5.41) is 0. The normalized spacial score (nSPS) is 14.7. The lowest BCUT2D eigenvalue weighted by atomic mass is 10.00. The molecule has 1 aliphatic rings. The first kappa shape index (κ1) is 17.1. The minimum absolute atomic E-state index is 0.0621. The van der Waals surface area contributed by atoms with E-state index >= 15 is 0 Å². The Balaban J connectivity index is 2.42. The van der Waals surface area contributed by atoms with Gasteiger partial charge < -0.3 is 4.74 Å². The van der Waals surface area contributed by atoms with Crippen molar-refractivity contribution in [3.63, 3.8) is 0 Å². The van der Waals surface area contributed by atoms with Crippen molar-refractivity contribution in [3.05, 3.63) is 22.1 Å². The molecule has 22 heavy (non-hydrogen) atoms. The number of rotatable bonds is 5. The molecule has 1 heterocycles. The van der Waals surface area contributed by atoms with Gasteiger partial charge in [0.15, 0.2) is 0 Å². The summed E-state index contributed by atoms with van der Waals surface area (Å²) in [7, 11) is -0.519. The van der Waals surface area contributed by atoms with E-state index in [9.17, 15) is 9.59 Å². The molecule has 0 aromatic carbocycles. The van der Waals surface area contributed by atoms with Crippen molar-refractivity contribution in [2.75, 3.05) is 12.9 Å². The maximum absolute atomic E-state index is 12.1. The Morgan fingerprint density at radius 3 is 2.86 bits per heavy atom. The average molecular weight is 339 g/mol. The number of amides is 1. The monoisotopic (exact) mass is 339 g/mol. The highest BCUT2D eigenvalue weighted by Gasteiger charge is 2.24. The minimum atomic E-state index is -0.519. The fraction of sp³-hybridized carbons (Fsp3) is 0.500. The molecule has 120 valence electrons. The van der Waals surface area contributed by atoms with Crippen LogP contribution in [0.3, 0.4) is 0 Å². The molecule has 2 rings (SSSR count). The lowest BCUT2D eigenvalue weighted by Gasteiger charge is -2.08. The van der Waals surface area contributed by atoms with Crippen molar-refractivity contribution in [3.8, 4) is 0 Å². The van der Waals surface area contributed by atoms with Gasteiger partial charge in [-0.25, -0.2) is 4.79 Å². The van der Waals surface area contributed by atoms with Gasteiger partial charge in [-0.2, -0.15) is 4.36 Å². The van der Waals surface area contributed by atoms with Gasteiger partial charge in [0, 0.05) is 12.0 Å². The molecule has 0 aliphatic heterocycles. The smallest absolute Gasteiger partial charge is 0.348 e. The Labute approximate surface area is 137 Å². The van der Waals surface area contributed by atoms with Gasteiger partial charge in [0.2, 0.25) is 0 Å². The molecular formula is C16H21NO3S2. The van der Waals surface area contributed by atoms with Crippen LogP contribution in [-0.4, -0.2) is 24.7 Å². The van der Waals surface area contributed by atoms with E-state index in [1.54, 1.807) is 0 Å². The molecule has 0 radical (unpaired) electrons. The predicted octanol–water partition coefficient (Wildman–Crippen LogP) is 4.00. The quantitative estimate of drug-likeness (QED) is 0.762. The second-order valence-electron chi connectivity index (χ2n) is 4.99. The third-order valence-electron chi connectivity index (χ3n) is 3.29. The van der Waals surface area contributed by atoms with Crippen LogP contribution in [-0.2, 0) is 26.6 Å². The topological polar surface area (TPSA) is 55.7 Å². The van der Waals surface area contributed by atoms with E-state index < -0.39 is 10.7 Å². The molecule has 4 nitrogen and oxygen atoms in total. The maximum Gasteiger partial charge on any atom is 0.348 e. The van der Waals surface area contributed by atoms with Crippen molar-refractivity contribution in [2.45, 2.75) is 43.7 Å². The number of esters is 1. The molecule has 0 fully saturated rings. The standard InChI is InChI=1S/C16H21NO3S2/c1-4-8-13(18)17-22(3)16-12-10-7-6-9-11(12)14(21-16)15(19)20-5-2/h7,10H,4-6,8-9H2,1-3H3/t22-/m1/s1. The summed E-state index contributed by atoms with van der Waals surface area (Å²) >= 11 is 1.43. The summed E-state index contributed by atoms with van der Waals surface area (Å²) in [4.78, 5) is 24.6. The first-order valence-corrected chi connectivity index (χ1v) is 9.89. The average Bonchev–Trinajstić information content (AvgIpc) is 2.87. The summed E-state index contributed by atoms with van der Waals surface area (Å²) in [5.41, 5.74) is 2.12. The van der Waals surface area contributed by atoms with Crippen LogP contribution in [0.4, 0.5) is 0 Å². The molecule has 0 spiro atoms. The number of thiophene rings is 1. The maximum atomic E-state index is 12.1. The molecule has 1 aliphatic carbocycles. The Morgan fingerprint density at radius 2 is 2.18 bits per heavy atom. The molecule has 0 unspecified atom stereocenters. The van der Waals surface area contributed by atoms with Gasteiger partial charge in [0.25, 0.3) is 5.91 Å². The highest BCUT2D eigenvalue weighted by atomic mass is 32.2. The highest BCUT2D eigenvalue weighted by Crippen LogP contribution is 2.36. The van der Waals surface area contributed by atoms with Crippen LogP contribution < -0.4 is 0 Å². The van der Waals surface area contributed by atoms with Crippen molar-refractivity contribution < 1.29 is 14.3 Å². The van der Waals surface area contributed by atoms with Crippen LogP contribution >= 0.6 is 11.3 Å². The summed E-state index contributed by atoms with van der Waals surface area (Å²) in [5.74, 6) is -0.324. The van der Waals surface area contributed by atoms with Crippen molar-refractivity contribution in [2.24, 2.45) is 4.36 Å². The fourth-order valence-corrected chi connectivity index (χ4v) is 5.13. The van der Waals surface area contributed by atoms with Crippen molar-refractivity contribution >= 4 is 40.0 Å². The Hall–Kier alpha value is -1.27. The van der Waals surface area contributed by atoms with Crippen LogP contribution in [0, 0.1) is 0 Å². The summed E-state index contributed by atoms with van der Waals surface area (Å²) in [6, 6.07) is 0. The number of ether oxygens (including phenoxy) is 1. The summed E-state index contributed by atoms with van der Waals surface area (Å²) in [6.07, 6.45) is 9.16. The number of fused-ring (bicyclic) bond motifs is 1. The van der Waals surface area contributed by atoms with E-state index in [-0.39, 0.29) is 11.9 Å². The number of hydrogen-bond donors (Lipinski definition) is 0. The Kier molecular flexibility index (Phi) is 6.08. The SMILES string of the molecule is CCCC(=O)N=[S@](C)c1sc(C(=O)OCC)c2c1C=CCC2. The van der Waals surface area contributed by atoms with Gasteiger partial charge in [-0.1, -0.05) is 29.8 Å². The summed E-state index contributed by atoms with van der Waals surface area (Å²) < 4.78 is 10.4. The zero-order valence-corrected chi connectivity index (χ0v) is 14.8. The molecule has 0 saturated carbocycles. The largest absolute Gasteiger partial charge is 0.462 e. The van der Waals surface area contributed by atoms with Gasteiger partial charge >= 0.3 is 5.97 Å². The van der Waals surface area contributed by atoms with Gasteiger partial charge in [-0.05, 0) is 38.0 Å². The molecule has 0 bridgehead atoms. The van der Waals surface area contributed by atoms with Crippen LogP contribution in [0.2, 0.25) is 0 Å². The molecule has 1 amide bonds. The second kappa shape index (κ2) is 7.83. The summed E-state index contributed by atoms with van der Waals surface area (Å²) in [6.45, 7) is 4.14. The molecule has 1 aromatic heterocycles. The number of carbonyl (C=O) groups excluding carboxylic acids is 2. The van der Waals surface area contributed by atoms with Gasteiger partial charge in [0.05, 0.1) is 10.8 Å². The van der Waals surface area contributed by atoms with Crippen LogP contribution in [0.1, 0.15) is 53.9 Å². The first-order chi connectivity index (χ1) is 10.6. The van der Waals surface area contributed by atoms with E-state index in [1.165, 1.54) is 11.3 Å². The van der Waals surface area contributed by atoms with Crippen LogP contribution in [0.25, 0.3) is 6.08 Å². The van der Waals surface area contributed by atoms with Crippen molar-refractivity contribution in [1.82, 2.24) is 0 Å². The van der Waals surface area contributed by atoms with Gasteiger partial charge in [0.1, 0.15) is 4.88 Å². The van der Waals surface area contributed by atoms with Gasteiger partial charge in [-0.15, -0.1) is 11.3 Å². The highest BCUT2D eigenvalue weighted by molar-refractivity contribution is 7.89. The third kappa shape index (κ3) is 3.73. The van der Waals surface area contributed by atoms with Crippen LogP contribution in [0.5, 0.6) is 0 Å². The fourth-order valence-electron chi connectivity index (χ4n) is 2.34. The zero-order chi connectivity index (χ0) is 16.1. The predicted molar refractivity (Wildman–Crippen MR) is 91.5 cm³/mol. The molecular weight excluding hydrogens is 318 g/mol. The lowest BCUT2D eigenvalue weighted by Crippen LogP contribution is -2.06. The van der Waals surface area contributed by atoms with Crippen LogP contribution in [0.15, 0.2) is 14.6 Å². The number of hydrogen-bond acceptors (Lipinski definition) is 4. The lowest BCUT2D eigenvalue weighted by molar-refractivity contribution is -0.117. The molecule has 1 aromatic rings. The van der Waals surface area contributed by atoms with E-state index in [2.05, 4.69) is 16.5 Å². The molecule has 6 heteroatoms. The van der Waals surface area contributed by atoms with Gasteiger partial charge in [-0.3, -0.25) is 4.79 Å². The van der Waals surface area contributed by atoms with E-state index in [0.29, 0.717) is 17.9 Å². The van der Waals surface area contributed by atoms with E-state index in [0.717, 1.165) is 34.6 Å². The Bertz CT molecular complexity index is 644. The number of carbonyl (C=O) groups is 2. The molecule has 0 N–H and O–H groups in total. The first-order valence-electron chi connectivity index (χ1n) is 7.48. The number of allylic oxidation sites excluding steroid dienone is 1. The molecule has 0 saturated heterocycles. The van der Waals surface area contributed by atoms with Crippen molar-refractivity contribution in [1.29, 1.82) is 0 Å². The van der Waals surface area contributed by atoms with E-state index in [4.69, 9.17) is 4.74 Å². The molecule has 1 atom stereocenters. The second-order valence-corrected chi connectivity index (χ2v) is 7.81. The van der Waals surface area contributed by atoms with E-state index in [1.807, 2.05) is 20.1 Å². The zero-order valence-electron chi connectivity index (χ0n) is 13.2. The Morgan fingerprint density at radius 1 is 1.41 bits per heavy atom. The number of nitrogens with zero attached hydrogens (tertiary/aromatic N) is 1. The third-order valence-corrected chi connectivity index (χ3v) is 6.52. The minimum Gasteiger partial charge on any atom is -0.462 e.